The lowest BCUT2D eigenvalue weighted by Gasteiger charge is -2.00. The van der Waals surface area contributed by atoms with Crippen LogP contribution in [0.5, 0.6) is 0 Å². The maximum absolute atomic E-state index is 5.36. The molecule has 0 heterocycles. The monoisotopic (exact) mass is 119 g/mol. The quantitative estimate of drug-likeness (QED) is 0.518. The fourth-order valence-corrected chi connectivity index (χ4v) is 1.25. The second-order valence-electron chi connectivity index (χ2n) is 2.09. The first-order valence-corrected chi connectivity index (χ1v) is 3.17. The average Bonchev–Trinajstić information content (AvgIpc) is 2.14. The largest absolute Gasteiger partial charge is 0.230 e. The predicted octanol–water partition coefficient (Wildman–Crippen LogP) is 1.67. The topological polar surface area (TPSA) is 12.0 Å². The van der Waals surface area contributed by atoms with Gasteiger partial charge in [-0.15, -0.1) is 0 Å². The smallest absolute Gasteiger partial charge is 0.0220 e. The molecule has 0 unspecified atom stereocenters. The van der Waals surface area contributed by atoms with Gasteiger partial charge in [0.2, 0.25) is 0 Å². The number of nitrogens with one attached hydrogen (secondary N) is 1. The van der Waals surface area contributed by atoms with Crippen LogP contribution in [0.2, 0.25) is 0 Å². The molecule has 1 fully saturated rings. The van der Waals surface area contributed by atoms with Crippen LogP contribution in [0.25, 0.3) is 0 Å². The summed E-state index contributed by atoms with van der Waals surface area (Å²) in [7, 11) is 0. The Morgan fingerprint density at radius 1 is 1.29 bits per heavy atom. The molecule has 0 atom stereocenters. The number of hydrogen-bond donors (Lipinski definition) is 1. The summed E-state index contributed by atoms with van der Waals surface area (Å²) in [6, 6.07) is 0.613. The first-order valence-electron chi connectivity index (χ1n) is 2.79. The first-order chi connectivity index (χ1) is 3.43. The van der Waals surface area contributed by atoms with Gasteiger partial charge in [0.15, 0.2) is 0 Å². The molecule has 0 aromatic heterocycles. The van der Waals surface area contributed by atoms with E-state index in [2.05, 4.69) is 4.84 Å². The van der Waals surface area contributed by atoms with E-state index in [1.54, 1.807) is 0 Å². The lowest BCUT2D eigenvalue weighted by Crippen LogP contribution is -2.14. The van der Waals surface area contributed by atoms with E-state index in [1.807, 2.05) is 0 Å². The molecule has 0 aromatic carbocycles. The van der Waals surface area contributed by atoms with Crippen LogP contribution < -0.4 is 4.84 Å². The van der Waals surface area contributed by atoms with Gasteiger partial charge in [0.25, 0.3) is 0 Å². The van der Waals surface area contributed by atoms with Gasteiger partial charge in [0, 0.05) is 6.04 Å². The van der Waals surface area contributed by atoms with E-state index in [0.717, 1.165) is 0 Å². The Morgan fingerprint density at radius 3 is 2.14 bits per heavy atom. The zero-order valence-corrected chi connectivity index (χ0v) is 5.04. The number of rotatable bonds is 1. The minimum absolute atomic E-state index is 0.613. The summed E-state index contributed by atoms with van der Waals surface area (Å²) in [4.78, 5) is 2.74. The Balaban J connectivity index is 2.14. The summed E-state index contributed by atoms with van der Waals surface area (Å²) in [5.74, 6) is 0. The molecule has 7 heavy (non-hydrogen) atoms. The van der Waals surface area contributed by atoms with Crippen molar-refractivity contribution in [3.63, 3.8) is 0 Å². The molecule has 0 radical (unpaired) electrons. The zero-order chi connectivity index (χ0) is 5.11. The predicted molar refractivity (Wildman–Crippen MR) is 31.2 cm³/mol. The van der Waals surface area contributed by atoms with E-state index in [-0.39, 0.29) is 0 Å². The highest BCUT2D eigenvalue weighted by atomic mass is 35.5. The van der Waals surface area contributed by atoms with Gasteiger partial charge in [-0.2, -0.15) is 0 Å². The molecule has 42 valence electrons. The van der Waals surface area contributed by atoms with E-state index in [1.165, 1.54) is 25.7 Å². The summed E-state index contributed by atoms with van der Waals surface area (Å²) < 4.78 is 0. The molecule has 1 aliphatic rings. The van der Waals surface area contributed by atoms with E-state index in [9.17, 15) is 0 Å². The summed E-state index contributed by atoms with van der Waals surface area (Å²) in [5.41, 5.74) is 0. The minimum Gasteiger partial charge on any atom is -0.230 e. The summed E-state index contributed by atoms with van der Waals surface area (Å²) in [6.45, 7) is 0. The highest BCUT2D eigenvalue weighted by Gasteiger charge is 2.11. The molecule has 0 aromatic rings. The molecule has 1 rings (SSSR count). The Kier molecular flexibility index (Phi) is 1.95. The second kappa shape index (κ2) is 2.53. The van der Waals surface area contributed by atoms with Crippen LogP contribution in [0.15, 0.2) is 0 Å². The molecule has 0 amide bonds. The molecule has 0 spiro atoms. The normalized spacial score (nSPS) is 23.6. The van der Waals surface area contributed by atoms with E-state index < -0.39 is 0 Å². The Labute approximate surface area is 49.2 Å². The van der Waals surface area contributed by atoms with Gasteiger partial charge in [-0.25, -0.2) is 4.84 Å². The maximum Gasteiger partial charge on any atom is 0.0220 e. The lowest BCUT2D eigenvalue weighted by atomic mass is 10.3. The van der Waals surface area contributed by atoms with Crippen molar-refractivity contribution >= 4 is 11.8 Å². The van der Waals surface area contributed by atoms with Crippen LogP contribution in [0.3, 0.4) is 0 Å². The maximum atomic E-state index is 5.36. The van der Waals surface area contributed by atoms with E-state index in [0.29, 0.717) is 6.04 Å². The molecule has 0 aliphatic heterocycles. The highest BCUT2D eigenvalue weighted by Crippen LogP contribution is 2.17. The Morgan fingerprint density at radius 2 is 1.86 bits per heavy atom. The molecule has 2 heteroatoms. The van der Waals surface area contributed by atoms with Crippen molar-refractivity contribution in [2.45, 2.75) is 31.7 Å². The highest BCUT2D eigenvalue weighted by molar-refractivity contribution is 6.13. The van der Waals surface area contributed by atoms with Crippen molar-refractivity contribution in [2.24, 2.45) is 0 Å². The lowest BCUT2D eigenvalue weighted by molar-refractivity contribution is 0.650. The van der Waals surface area contributed by atoms with Gasteiger partial charge in [-0.1, -0.05) is 12.8 Å². The number of halogens is 1. The van der Waals surface area contributed by atoms with Crippen molar-refractivity contribution in [1.29, 1.82) is 0 Å². The fourth-order valence-electron chi connectivity index (χ4n) is 1.03. The van der Waals surface area contributed by atoms with E-state index >= 15 is 0 Å². The van der Waals surface area contributed by atoms with Gasteiger partial charge in [-0.3, -0.25) is 0 Å². The third kappa shape index (κ3) is 1.32. The molecule has 1 N–H and O–H groups in total. The summed E-state index contributed by atoms with van der Waals surface area (Å²) in [5, 5.41) is 0. The Bertz CT molecular complexity index is 50.0. The van der Waals surface area contributed by atoms with Crippen LogP contribution >= 0.6 is 11.8 Å². The van der Waals surface area contributed by atoms with Crippen molar-refractivity contribution in [1.82, 2.24) is 4.84 Å². The van der Waals surface area contributed by atoms with Gasteiger partial charge in [0.05, 0.1) is 0 Å². The van der Waals surface area contributed by atoms with Gasteiger partial charge >= 0.3 is 0 Å². The van der Waals surface area contributed by atoms with Gasteiger partial charge in [0.1, 0.15) is 0 Å². The van der Waals surface area contributed by atoms with Crippen LogP contribution in [-0.2, 0) is 0 Å². The summed E-state index contributed by atoms with van der Waals surface area (Å²) >= 11 is 5.36. The Hall–Kier alpha value is 0.250. The van der Waals surface area contributed by atoms with Crippen molar-refractivity contribution in [3.05, 3.63) is 0 Å². The molecule has 0 bridgehead atoms. The van der Waals surface area contributed by atoms with Crippen molar-refractivity contribution < 1.29 is 0 Å². The van der Waals surface area contributed by atoms with Gasteiger partial charge < -0.3 is 0 Å². The molecule has 1 saturated carbocycles. The molecule has 0 saturated heterocycles. The fraction of sp³-hybridized carbons (Fsp3) is 1.00. The minimum atomic E-state index is 0.613. The third-order valence-electron chi connectivity index (χ3n) is 1.51. The molecular formula is C5H10ClN. The molecular weight excluding hydrogens is 110 g/mol. The first kappa shape index (κ1) is 5.39. The van der Waals surface area contributed by atoms with Crippen molar-refractivity contribution in [3.8, 4) is 0 Å². The van der Waals surface area contributed by atoms with Crippen LogP contribution in [0, 0.1) is 0 Å². The standard InChI is InChI=1S/C5H10ClN/c6-7-5-3-1-2-4-5/h5,7H,1-4H2. The van der Waals surface area contributed by atoms with Crippen molar-refractivity contribution in [2.75, 3.05) is 0 Å². The van der Waals surface area contributed by atoms with Crippen LogP contribution in [-0.4, -0.2) is 6.04 Å². The number of hydrogen-bond acceptors (Lipinski definition) is 1. The zero-order valence-electron chi connectivity index (χ0n) is 4.28. The van der Waals surface area contributed by atoms with Gasteiger partial charge in [-0.05, 0) is 24.6 Å². The second-order valence-corrected chi connectivity index (χ2v) is 2.31. The third-order valence-corrected chi connectivity index (χ3v) is 1.82. The van der Waals surface area contributed by atoms with Crippen LogP contribution in [0.1, 0.15) is 25.7 Å². The molecule has 1 nitrogen and oxygen atoms in total. The van der Waals surface area contributed by atoms with E-state index in [4.69, 9.17) is 11.8 Å². The summed E-state index contributed by atoms with van der Waals surface area (Å²) in [6.07, 6.45) is 5.24. The molecule has 1 aliphatic carbocycles. The average molecular weight is 120 g/mol. The SMILES string of the molecule is ClNC1CCCC1. The van der Waals surface area contributed by atoms with Crippen LogP contribution in [0.4, 0.5) is 0 Å².